The minimum absolute atomic E-state index is 0.0417. The van der Waals surface area contributed by atoms with Crippen LogP contribution >= 0.6 is 15.9 Å². The zero-order chi connectivity index (χ0) is 20.5. The summed E-state index contributed by atoms with van der Waals surface area (Å²) in [5.41, 5.74) is 2.40. The fraction of sp³-hybridized carbons (Fsp3) is 0.318. The lowest BCUT2D eigenvalue weighted by atomic mass is 9.95. The Morgan fingerprint density at radius 1 is 1.17 bits per heavy atom. The van der Waals surface area contributed by atoms with E-state index in [4.69, 9.17) is 4.42 Å². The lowest BCUT2D eigenvalue weighted by molar-refractivity contribution is -0.121. The minimum Gasteiger partial charge on any atom is -0.451 e. The first-order valence-electron chi connectivity index (χ1n) is 9.65. The molecule has 0 unspecified atom stereocenters. The molecule has 1 aromatic carbocycles. The number of nitrogens with zero attached hydrogens (tertiary/aromatic N) is 2. The molecule has 1 saturated heterocycles. The molecular weight excluding hydrogens is 434 g/mol. The number of amides is 2. The molecule has 1 aliphatic heterocycles. The van der Waals surface area contributed by atoms with Gasteiger partial charge in [0.15, 0.2) is 5.76 Å². The molecule has 0 radical (unpaired) electrons. The van der Waals surface area contributed by atoms with Gasteiger partial charge in [-0.1, -0.05) is 22.0 Å². The molecular formula is C22H22BrN3O3. The fourth-order valence-electron chi connectivity index (χ4n) is 3.73. The zero-order valence-corrected chi connectivity index (χ0v) is 18.0. The van der Waals surface area contributed by atoms with Crippen molar-refractivity contribution in [3.05, 3.63) is 57.9 Å². The van der Waals surface area contributed by atoms with Crippen molar-refractivity contribution in [2.24, 2.45) is 5.92 Å². The van der Waals surface area contributed by atoms with Crippen LogP contribution in [0.4, 0.5) is 5.82 Å². The van der Waals surface area contributed by atoms with Crippen molar-refractivity contribution in [2.45, 2.75) is 26.7 Å². The number of nitrogens with one attached hydrogen (secondary N) is 1. The van der Waals surface area contributed by atoms with Gasteiger partial charge in [0.2, 0.25) is 5.91 Å². The van der Waals surface area contributed by atoms with Crippen LogP contribution in [0.15, 0.2) is 45.3 Å². The SMILES string of the molecule is Cc1cccc(NC(=O)C2CCN(C(=O)c3oc4ccc(Br)cc4c3C)CC2)n1. The smallest absolute Gasteiger partial charge is 0.289 e. The zero-order valence-electron chi connectivity index (χ0n) is 16.4. The summed E-state index contributed by atoms with van der Waals surface area (Å²) >= 11 is 3.46. The number of likely N-dealkylation sites (tertiary alicyclic amines) is 1. The maximum absolute atomic E-state index is 13.0. The van der Waals surface area contributed by atoms with E-state index in [0.717, 1.165) is 21.1 Å². The Kier molecular flexibility index (Phi) is 5.41. The molecule has 4 rings (SSSR count). The molecule has 0 bridgehead atoms. The van der Waals surface area contributed by atoms with E-state index in [0.29, 0.717) is 43.1 Å². The number of aryl methyl sites for hydroxylation is 2. The largest absolute Gasteiger partial charge is 0.451 e. The number of furan rings is 1. The van der Waals surface area contributed by atoms with Crippen molar-refractivity contribution in [3.63, 3.8) is 0 Å². The fourth-order valence-corrected chi connectivity index (χ4v) is 4.09. The molecule has 29 heavy (non-hydrogen) atoms. The van der Waals surface area contributed by atoms with Crippen LogP contribution in [-0.2, 0) is 4.79 Å². The van der Waals surface area contributed by atoms with E-state index in [-0.39, 0.29) is 17.7 Å². The Bertz CT molecular complexity index is 1080. The number of piperidine rings is 1. The van der Waals surface area contributed by atoms with Gasteiger partial charge in [0.1, 0.15) is 11.4 Å². The quantitative estimate of drug-likeness (QED) is 0.620. The molecule has 0 aliphatic carbocycles. The molecule has 0 saturated carbocycles. The lowest BCUT2D eigenvalue weighted by Gasteiger charge is -2.30. The van der Waals surface area contributed by atoms with Crippen molar-refractivity contribution in [1.82, 2.24) is 9.88 Å². The average molecular weight is 456 g/mol. The van der Waals surface area contributed by atoms with Crippen LogP contribution in [0, 0.1) is 19.8 Å². The van der Waals surface area contributed by atoms with Crippen LogP contribution in [0.1, 0.15) is 34.7 Å². The molecule has 2 amide bonds. The van der Waals surface area contributed by atoms with E-state index in [1.807, 2.05) is 44.2 Å². The normalized spacial score (nSPS) is 14.9. The van der Waals surface area contributed by atoms with Crippen LogP contribution in [0.5, 0.6) is 0 Å². The maximum Gasteiger partial charge on any atom is 0.289 e. The highest BCUT2D eigenvalue weighted by Gasteiger charge is 2.30. The number of carbonyl (C=O) groups is 2. The number of anilines is 1. The third-order valence-corrected chi connectivity index (χ3v) is 5.88. The van der Waals surface area contributed by atoms with E-state index >= 15 is 0 Å². The number of hydrogen-bond donors (Lipinski definition) is 1. The molecule has 3 heterocycles. The van der Waals surface area contributed by atoms with Gasteiger partial charge < -0.3 is 14.6 Å². The first-order chi connectivity index (χ1) is 13.9. The summed E-state index contributed by atoms with van der Waals surface area (Å²) in [7, 11) is 0. The second-order valence-electron chi connectivity index (χ2n) is 7.42. The minimum atomic E-state index is -0.130. The summed E-state index contributed by atoms with van der Waals surface area (Å²) in [6, 6.07) is 11.3. The van der Waals surface area contributed by atoms with Gasteiger partial charge >= 0.3 is 0 Å². The Hall–Kier alpha value is -2.67. The number of rotatable bonds is 3. The van der Waals surface area contributed by atoms with Crippen molar-refractivity contribution in [1.29, 1.82) is 0 Å². The average Bonchev–Trinajstić information content (AvgIpc) is 3.03. The molecule has 6 nitrogen and oxygen atoms in total. The number of benzene rings is 1. The summed E-state index contributed by atoms with van der Waals surface area (Å²) in [6.45, 7) is 4.84. The van der Waals surface area contributed by atoms with Crippen molar-refractivity contribution >= 4 is 44.5 Å². The van der Waals surface area contributed by atoms with Gasteiger partial charge in [-0.2, -0.15) is 0 Å². The third-order valence-electron chi connectivity index (χ3n) is 5.39. The van der Waals surface area contributed by atoms with E-state index in [9.17, 15) is 9.59 Å². The Balaban J connectivity index is 1.41. The highest BCUT2D eigenvalue weighted by molar-refractivity contribution is 9.10. The number of halogens is 1. The predicted molar refractivity (Wildman–Crippen MR) is 115 cm³/mol. The summed E-state index contributed by atoms with van der Waals surface area (Å²) in [4.78, 5) is 31.6. The highest BCUT2D eigenvalue weighted by Crippen LogP contribution is 2.30. The van der Waals surface area contributed by atoms with Gasteiger partial charge in [0.05, 0.1) is 0 Å². The molecule has 1 fully saturated rings. The van der Waals surface area contributed by atoms with Crippen LogP contribution in [0.25, 0.3) is 11.0 Å². The predicted octanol–water partition coefficient (Wildman–Crippen LogP) is 4.70. The number of fused-ring (bicyclic) bond motifs is 1. The first kappa shape index (κ1) is 19.6. The molecule has 2 aromatic heterocycles. The lowest BCUT2D eigenvalue weighted by Crippen LogP contribution is -2.41. The number of hydrogen-bond acceptors (Lipinski definition) is 4. The summed E-state index contributed by atoms with van der Waals surface area (Å²) < 4.78 is 6.78. The molecule has 150 valence electrons. The second kappa shape index (κ2) is 7.99. The van der Waals surface area contributed by atoms with Crippen LogP contribution in [-0.4, -0.2) is 34.8 Å². The van der Waals surface area contributed by atoms with E-state index in [2.05, 4.69) is 26.2 Å². The van der Waals surface area contributed by atoms with Crippen LogP contribution in [0.3, 0.4) is 0 Å². The van der Waals surface area contributed by atoms with Crippen molar-refractivity contribution < 1.29 is 14.0 Å². The van der Waals surface area contributed by atoms with Crippen molar-refractivity contribution in [3.8, 4) is 0 Å². The van der Waals surface area contributed by atoms with Crippen molar-refractivity contribution in [2.75, 3.05) is 18.4 Å². The number of aromatic nitrogens is 1. The van der Waals surface area contributed by atoms with E-state index in [1.165, 1.54) is 0 Å². The molecule has 0 spiro atoms. The third kappa shape index (κ3) is 4.05. The second-order valence-corrected chi connectivity index (χ2v) is 8.33. The molecule has 0 atom stereocenters. The standard InChI is InChI=1S/C22H22BrN3O3/c1-13-4-3-5-19(24-13)25-21(27)15-8-10-26(11-9-15)22(28)20-14(2)17-12-16(23)6-7-18(17)29-20/h3-7,12,15H,8-11H2,1-2H3,(H,24,25,27). The summed E-state index contributed by atoms with van der Waals surface area (Å²) in [5, 5.41) is 3.82. The van der Waals surface area contributed by atoms with Crippen LogP contribution in [0.2, 0.25) is 0 Å². The number of pyridine rings is 1. The molecule has 3 aromatic rings. The van der Waals surface area contributed by atoms with Gasteiger partial charge in [-0.3, -0.25) is 9.59 Å². The maximum atomic E-state index is 13.0. The van der Waals surface area contributed by atoms with E-state index < -0.39 is 0 Å². The van der Waals surface area contributed by atoms with Gasteiger partial charge in [0.25, 0.3) is 5.91 Å². The number of carbonyl (C=O) groups excluding carboxylic acids is 2. The van der Waals surface area contributed by atoms with Gasteiger partial charge in [-0.25, -0.2) is 4.98 Å². The first-order valence-corrected chi connectivity index (χ1v) is 10.4. The molecule has 1 aliphatic rings. The summed E-state index contributed by atoms with van der Waals surface area (Å²) in [6.07, 6.45) is 1.24. The summed E-state index contributed by atoms with van der Waals surface area (Å²) in [5.74, 6) is 0.658. The Morgan fingerprint density at radius 2 is 1.93 bits per heavy atom. The van der Waals surface area contributed by atoms with Gasteiger partial charge in [-0.05, 0) is 57.0 Å². The Morgan fingerprint density at radius 3 is 2.66 bits per heavy atom. The highest BCUT2D eigenvalue weighted by atomic mass is 79.9. The van der Waals surface area contributed by atoms with Gasteiger partial charge in [0, 0.05) is 40.1 Å². The van der Waals surface area contributed by atoms with E-state index in [1.54, 1.807) is 11.0 Å². The topological polar surface area (TPSA) is 75.4 Å². The molecule has 7 heteroatoms. The monoisotopic (exact) mass is 455 g/mol. The van der Waals surface area contributed by atoms with Crippen LogP contribution < -0.4 is 5.32 Å². The van der Waals surface area contributed by atoms with Gasteiger partial charge in [-0.15, -0.1) is 0 Å². The molecule has 1 N–H and O–H groups in total. The Labute approximate surface area is 177 Å².